The zero-order chi connectivity index (χ0) is 17.2. The first kappa shape index (κ1) is 16.8. The third-order valence-electron chi connectivity index (χ3n) is 5.34. The first-order valence-corrected chi connectivity index (χ1v) is 8.00. The number of benzene rings is 1. The van der Waals surface area contributed by atoms with Crippen molar-refractivity contribution in [3.8, 4) is 0 Å². The van der Waals surface area contributed by atoms with Crippen LogP contribution in [0.2, 0.25) is 0 Å². The van der Waals surface area contributed by atoms with Gasteiger partial charge in [0.25, 0.3) is 0 Å². The molecule has 1 aliphatic heterocycles. The number of hydrogen-bond acceptors (Lipinski definition) is 2. The highest BCUT2D eigenvalue weighted by Crippen LogP contribution is 2.44. The van der Waals surface area contributed by atoms with E-state index in [1.54, 1.807) is 0 Å². The maximum Gasteiger partial charge on any atom is 0.495 e. The monoisotopic (exact) mass is 326 g/mol. The van der Waals surface area contributed by atoms with Crippen LogP contribution in [0.4, 0.5) is 13.2 Å². The van der Waals surface area contributed by atoms with Gasteiger partial charge in [0.15, 0.2) is 0 Å². The molecule has 0 atom stereocenters. The predicted octanol–water partition coefficient (Wildman–Crippen LogP) is 4.19. The van der Waals surface area contributed by atoms with Crippen LogP contribution in [-0.4, -0.2) is 18.3 Å². The minimum atomic E-state index is -4.37. The van der Waals surface area contributed by atoms with Gasteiger partial charge in [-0.15, -0.1) is 0 Å². The molecular formula is C17H22BF3O2. The van der Waals surface area contributed by atoms with E-state index in [1.807, 2.05) is 34.6 Å². The summed E-state index contributed by atoms with van der Waals surface area (Å²) in [4.78, 5) is 0. The summed E-state index contributed by atoms with van der Waals surface area (Å²) in [6.45, 7) is 9.47. The van der Waals surface area contributed by atoms with E-state index in [1.165, 1.54) is 12.1 Å². The Bertz CT molecular complexity index is 617. The highest BCUT2D eigenvalue weighted by atomic mass is 19.4. The van der Waals surface area contributed by atoms with E-state index in [0.29, 0.717) is 5.46 Å². The van der Waals surface area contributed by atoms with Gasteiger partial charge in [-0.25, -0.2) is 0 Å². The van der Waals surface area contributed by atoms with Crippen molar-refractivity contribution in [1.29, 1.82) is 0 Å². The summed E-state index contributed by atoms with van der Waals surface area (Å²) in [5, 5.41) is 0. The molecule has 0 bridgehead atoms. The molecule has 2 nitrogen and oxygen atoms in total. The van der Waals surface area contributed by atoms with Crippen molar-refractivity contribution in [2.24, 2.45) is 0 Å². The van der Waals surface area contributed by atoms with Crippen LogP contribution < -0.4 is 5.46 Å². The van der Waals surface area contributed by atoms with Gasteiger partial charge >= 0.3 is 13.3 Å². The van der Waals surface area contributed by atoms with Crippen LogP contribution in [-0.2, 0) is 15.5 Å². The lowest BCUT2D eigenvalue weighted by Gasteiger charge is -2.32. The third-order valence-corrected chi connectivity index (χ3v) is 5.34. The standard InChI is InChI=1S/C17H22BF3O2/c1-10-13(11-6-7-11)8-12(17(19,20)21)9-14(10)18-22-15(2,3)16(4,5)23-18/h8-9,11H,6-7H2,1-5H3. The van der Waals surface area contributed by atoms with Crippen LogP contribution in [0.1, 0.15) is 63.1 Å². The van der Waals surface area contributed by atoms with E-state index in [-0.39, 0.29) is 5.92 Å². The lowest BCUT2D eigenvalue weighted by Crippen LogP contribution is -2.41. The minimum absolute atomic E-state index is 0.235. The van der Waals surface area contributed by atoms with E-state index >= 15 is 0 Å². The summed E-state index contributed by atoms with van der Waals surface area (Å²) in [6.07, 6.45) is -2.47. The van der Waals surface area contributed by atoms with Gasteiger partial charge in [-0.2, -0.15) is 13.2 Å². The Morgan fingerprint density at radius 2 is 1.57 bits per heavy atom. The lowest BCUT2D eigenvalue weighted by molar-refractivity contribution is -0.137. The summed E-state index contributed by atoms with van der Waals surface area (Å²) in [6, 6.07) is 2.48. The SMILES string of the molecule is Cc1c(B2OC(C)(C)C(C)(C)O2)cc(C(F)(F)F)cc1C1CC1. The quantitative estimate of drug-likeness (QED) is 0.759. The van der Waals surface area contributed by atoms with Crippen molar-refractivity contribution in [1.82, 2.24) is 0 Å². The van der Waals surface area contributed by atoms with Gasteiger partial charge in [0, 0.05) is 0 Å². The molecular weight excluding hydrogens is 304 g/mol. The van der Waals surface area contributed by atoms with Gasteiger partial charge in [0.2, 0.25) is 0 Å². The molecule has 1 aromatic carbocycles. The molecule has 0 aromatic heterocycles. The summed E-state index contributed by atoms with van der Waals surface area (Å²) in [5.41, 5.74) is 0.384. The average molecular weight is 326 g/mol. The van der Waals surface area contributed by atoms with Gasteiger partial charge in [-0.05, 0) is 82.1 Å². The molecule has 2 fully saturated rings. The predicted molar refractivity (Wildman–Crippen MR) is 83.9 cm³/mol. The Hall–Kier alpha value is -1.01. The molecule has 0 spiro atoms. The normalized spacial score (nSPS) is 23.4. The molecule has 23 heavy (non-hydrogen) atoms. The summed E-state index contributed by atoms with van der Waals surface area (Å²) in [5.74, 6) is 0.235. The molecule has 6 heteroatoms. The molecule has 1 aliphatic carbocycles. The van der Waals surface area contributed by atoms with E-state index in [9.17, 15) is 13.2 Å². The van der Waals surface area contributed by atoms with E-state index in [4.69, 9.17) is 9.31 Å². The molecule has 1 aromatic rings. The van der Waals surface area contributed by atoms with Crippen LogP contribution in [0, 0.1) is 6.92 Å². The molecule has 126 valence electrons. The number of alkyl halides is 3. The molecule has 0 N–H and O–H groups in total. The second kappa shape index (κ2) is 4.99. The number of hydrogen-bond donors (Lipinski definition) is 0. The maximum absolute atomic E-state index is 13.3. The van der Waals surface area contributed by atoms with Crippen LogP contribution in [0.15, 0.2) is 12.1 Å². The molecule has 0 unspecified atom stereocenters. The minimum Gasteiger partial charge on any atom is -0.399 e. The maximum atomic E-state index is 13.3. The fourth-order valence-corrected chi connectivity index (χ4v) is 2.96. The van der Waals surface area contributed by atoms with Gasteiger partial charge in [0.1, 0.15) is 0 Å². The van der Waals surface area contributed by atoms with E-state index < -0.39 is 30.1 Å². The van der Waals surface area contributed by atoms with Gasteiger partial charge in [-0.3, -0.25) is 0 Å². The summed E-state index contributed by atoms with van der Waals surface area (Å²) >= 11 is 0. The first-order valence-electron chi connectivity index (χ1n) is 8.00. The first-order chi connectivity index (χ1) is 10.4. The van der Waals surface area contributed by atoms with Gasteiger partial charge < -0.3 is 9.31 Å². The van der Waals surface area contributed by atoms with E-state index in [0.717, 1.165) is 24.0 Å². The van der Waals surface area contributed by atoms with Crippen molar-refractivity contribution in [3.63, 3.8) is 0 Å². The lowest BCUT2D eigenvalue weighted by atomic mass is 9.73. The second-order valence-corrected chi connectivity index (χ2v) is 7.64. The zero-order valence-corrected chi connectivity index (χ0v) is 14.2. The second-order valence-electron chi connectivity index (χ2n) is 7.64. The third kappa shape index (κ3) is 2.91. The highest BCUT2D eigenvalue weighted by Gasteiger charge is 2.52. The molecule has 2 aliphatic rings. The molecule has 1 heterocycles. The molecule has 0 radical (unpaired) electrons. The van der Waals surface area contributed by atoms with Crippen molar-refractivity contribution >= 4 is 12.6 Å². The average Bonchev–Trinajstić information content (AvgIpc) is 3.16. The topological polar surface area (TPSA) is 18.5 Å². The van der Waals surface area contributed by atoms with Crippen LogP contribution in [0.25, 0.3) is 0 Å². The summed E-state index contributed by atoms with van der Waals surface area (Å²) < 4.78 is 51.7. The zero-order valence-electron chi connectivity index (χ0n) is 14.2. The van der Waals surface area contributed by atoms with Crippen LogP contribution in [0.5, 0.6) is 0 Å². The Morgan fingerprint density at radius 3 is 2.00 bits per heavy atom. The van der Waals surface area contributed by atoms with Crippen LogP contribution in [0.3, 0.4) is 0 Å². The van der Waals surface area contributed by atoms with Gasteiger partial charge in [-0.1, -0.05) is 0 Å². The molecule has 1 saturated heterocycles. The highest BCUT2D eigenvalue weighted by molar-refractivity contribution is 6.62. The smallest absolute Gasteiger partial charge is 0.399 e. The van der Waals surface area contributed by atoms with Crippen molar-refractivity contribution in [3.05, 3.63) is 28.8 Å². The molecule has 0 amide bonds. The Morgan fingerprint density at radius 1 is 1.04 bits per heavy atom. The van der Waals surface area contributed by atoms with E-state index in [2.05, 4.69) is 0 Å². The van der Waals surface area contributed by atoms with Crippen molar-refractivity contribution < 1.29 is 22.5 Å². The Balaban J connectivity index is 2.07. The Kier molecular flexibility index (Phi) is 3.66. The molecule has 3 rings (SSSR count). The van der Waals surface area contributed by atoms with Crippen molar-refractivity contribution in [2.45, 2.75) is 70.8 Å². The largest absolute Gasteiger partial charge is 0.495 e. The van der Waals surface area contributed by atoms with Gasteiger partial charge in [0.05, 0.1) is 16.8 Å². The number of halogens is 3. The number of rotatable bonds is 2. The van der Waals surface area contributed by atoms with Crippen molar-refractivity contribution in [2.75, 3.05) is 0 Å². The fourth-order valence-electron chi connectivity index (χ4n) is 2.96. The Labute approximate surface area is 135 Å². The fraction of sp³-hybridized carbons (Fsp3) is 0.647. The van der Waals surface area contributed by atoms with Crippen LogP contribution >= 0.6 is 0 Å². The summed E-state index contributed by atoms with van der Waals surface area (Å²) in [7, 11) is -0.764. The molecule has 1 saturated carbocycles.